The molecule has 13 atom stereocenters. The van der Waals surface area contributed by atoms with Crippen molar-refractivity contribution < 1.29 is 92.2 Å². The zero-order valence-corrected chi connectivity index (χ0v) is 45.6. The fourth-order valence-corrected chi connectivity index (χ4v) is 9.74. The largest absolute Gasteiger partial charge is 0.495 e. The van der Waals surface area contributed by atoms with Gasteiger partial charge in [-0.1, -0.05) is 48.9 Å². The molecule has 0 spiro atoms. The number of aliphatic hydroxyl groups excluding tert-OH is 4. The first-order chi connectivity index (χ1) is 36.4. The molecule has 4 bridgehead atoms. The number of allylic oxidation sites excluding steroid dienone is 3. The Balaban J connectivity index is 1.16. The zero-order chi connectivity index (χ0) is 56.7. The molecule has 77 heavy (non-hydrogen) atoms. The third kappa shape index (κ3) is 14.1. The quantitative estimate of drug-likeness (QED) is 0.0761. The van der Waals surface area contributed by atoms with E-state index < -0.39 is 134 Å². The molecule has 0 aliphatic carbocycles. The number of nitrogens with zero attached hydrogens (tertiary/aromatic N) is 3. The number of carbonyl (C=O) groups excluding carboxylic acids is 6. The van der Waals surface area contributed by atoms with E-state index in [0.717, 1.165) is 15.4 Å². The van der Waals surface area contributed by atoms with E-state index in [2.05, 4.69) is 10.6 Å². The van der Waals surface area contributed by atoms with Crippen molar-refractivity contribution in [2.75, 3.05) is 70.7 Å². The number of aliphatic hydroxyl groups is 5. The number of thioether (sulfide) groups is 1. The molecule has 4 aliphatic rings. The van der Waals surface area contributed by atoms with Crippen LogP contribution in [0.3, 0.4) is 0 Å². The average Bonchev–Trinajstić information content (AvgIpc) is 4.20. The van der Waals surface area contributed by atoms with Crippen molar-refractivity contribution in [1.82, 2.24) is 15.1 Å². The fourth-order valence-electron chi connectivity index (χ4n) is 9.09. The minimum atomic E-state index is -1.91. The Morgan fingerprint density at radius 2 is 1.78 bits per heavy atom. The van der Waals surface area contributed by atoms with Crippen molar-refractivity contribution in [2.45, 2.75) is 119 Å². The second-order valence-corrected chi connectivity index (χ2v) is 20.6. The fraction of sp³-hybridized carbons (Fsp3) is 0.569. The van der Waals surface area contributed by atoms with Crippen LogP contribution in [0, 0.1) is 5.92 Å². The van der Waals surface area contributed by atoms with Gasteiger partial charge in [0.25, 0.3) is 0 Å². The number of anilines is 2. The van der Waals surface area contributed by atoms with E-state index in [1.54, 1.807) is 50.5 Å². The number of carbonyl (C=O) groups is 6. The number of likely N-dealkylation sites (N-methyl/N-ethyl adjacent to an activating group) is 2. The highest BCUT2D eigenvalue weighted by Crippen LogP contribution is 2.49. The molecular formula is C51H68ClN5O19S. The standard InChI is InChI=1S/C51H68ClN5O19S/c1-26-34-21-51(68,54-48(66)74-34)36(70-8)14-12-10-11-13-28-18-31(41(52)33(19-28)69-7)57(6)39(60)20-37(50(3)45(26)76-50)75-46(65)27(2)56(5)40(61)22-55(4)49(67)71-24-29-15-16-32(30(17-29)53-38(59)25-77-9)72-47-44(64)43(63)42(62)35(23-58)73-47/h10-12,14-19,26-27,34-37,42-45,47,58,62-64,68H,13,20-25H2,1-9H3,(H,53,59)(H,54,66)/b11-10+,14-12+/t26-,27+,34+,35?,36-,37+,42?,43?,44?,45+,47?,50+,51+/m1/s1. The number of esters is 1. The maximum Gasteiger partial charge on any atom is 0.410 e. The van der Waals surface area contributed by atoms with Crippen LogP contribution in [0.5, 0.6) is 11.5 Å². The number of hydrogen-bond donors (Lipinski definition) is 7. The number of fused-ring (bicyclic) bond motifs is 5. The van der Waals surface area contributed by atoms with Crippen LogP contribution in [-0.4, -0.2) is 204 Å². The van der Waals surface area contributed by atoms with E-state index in [1.807, 2.05) is 6.08 Å². The average molecular weight is 1120 g/mol. The highest BCUT2D eigenvalue weighted by molar-refractivity contribution is 7.99. The molecule has 4 heterocycles. The Morgan fingerprint density at radius 1 is 1.05 bits per heavy atom. The minimum Gasteiger partial charge on any atom is -0.495 e. The third-order valence-electron chi connectivity index (χ3n) is 14.0. The first kappa shape index (κ1) is 60.5. The highest BCUT2D eigenvalue weighted by Gasteiger charge is 2.64. The van der Waals surface area contributed by atoms with Gasteiger partial charge >= 0.3 is 18.2 Å². The van der Waals surface area contributed by atoms with Crippen molar-refractivity contribution in [3.63, 3.8) is 0 Å². The SMILES string of the molecule is COc1cc2cc(c1Cl)N(C)C(=O)C[C@H](OC(=O)[C@H](C)N(C)C(=O)CN(C)C(=O)OCc1ccc(OC3OC(CO)C(O)C(O)C3O)c(NC(=O)CSC)c1)[C@]1(C)O[C@H]1[C@H](C)[C@@H]1C[C@@](O)(NC(=O)O1)[C@H](OC)/C=C/C=C/C2. The van der Waals surface area contributed by atoms with Gasteiger partial charge < -0.3 is 83.4 Å². The Labute approximate surface area is 454 Å². The van der Waals surface area contributed by atoms with Gasteiger partial charge in [0.2, 0.25) is 24.0 Å². The Morgan fingerprint density at radius 3 is 2.45 bits per heavy atom. The van der Waals surface area contributed by atoms with Crippen molar-refractivity contribution in [1.29, 1.82) is 0 Å². The number of halogens is 1. The van der Waals surface area contributed by atoms with Crippen LogP contribution in [0.25, 0.3) is 0 Å². The summed E-state index contributed by atoms with van der Waals surface area (Å²) in [6, 6.07) is 6.42. The maximum atomic E-state index is 14.3. The summed E-state index contributed by atoms with van der Waals surface area (Å²) in [5.74, 6) is -2.94. The Hall–Kier alpha value is -5.74. The number of ether oxygens (including phenoxy) is 8. The predicted molar refractivity (Wildman–Crippen MR) is 277 cm³/mol. The van der Waals surface area contributed by atoms with Gasteiger partial charge in [0.05, 0.1) is 43.4 Å². The molecule has 5 amide bonds. The number of epoxide rings is 1. The van der Waals surface area contributed by atoms with Gasteiger partial charge in [0.15, 0.2) is 5.72 Å². The number of nitrogens with one attached hydrogen (secondary N) is 2. The number of alkyl carbamates (subject to hydrolysis) is 1. The third-order valence-corrected chi connectivity index (χ3v) is 14.9. The van der Waals surface area contributed by atoms with E-state index in [0.29, 0.717) is 23.4 Å². The van der Waals surface area contributed by atoms with Crippen LogP contribution < -0.4 is 25.0 Å². The van der Waals surface area contributed by atoms with Crippen LogP contribution in [0.4, 0.5) is 21.0 Å². The van der Waals surface area contributed by atoms with Gasteiger partial charge in [-0.2, -0.15) is 11.8 Å². The minimum absolute atomic E-state index is 0.0285. The van der Waals surface area contributed by atoms with Crippen molar-refractivity contribution in [3.8, 4) is 11.5 Å². The topological polar surface area (TPSA) is 314 Å². The molecule has 0 radical (unpaired) electrons. The van der Waals surface area contributed by atoms with E-state index in [9.17, 15) is 54.3 Å². The first-order valence-corrected chi connectivity index (χ1v) is 26.3. The number of methoxy groups -OCH3 is 2. The normalized spacial score (nSPS) is 30.5. The van der Waals surface area contributed by atoms with Gasteiger partial charge in [-0.15, -0.1) is 0 Å². The lowest BCUT2D eigenvalue weighted by atomic mass is 9.83. The van der Waals surface area contributed by atoms with Gasteiger partial charge in [-0.05, 0) is 61.9 Å². The lowest BCUT2D eigenvalue weighted by Gasteiger charge is -2.42. The lowest BCUT2D eigenvalue weighted by Crippen LogP contribution is -2.63. The number of amides is 5. The lowest BCUT2D eigenvalue weighted by molar-refractivity contribution is -0.277. The first-order valence-electron chi connectivity index (χ1n) is 24.5. The van der Waals surface area contributed by atoms with Crippen LogP contribution in [0.1, 0.15) is 44.7 Å². The predicted octanol–water partition coefficient (Wildman–Crippen LogP) is 1.87. The molecule has 0 aromatic heterocycles. The molecule has 24 nitrogen and oxygen atoms in total. The maximum absolute atomic E-state index is 14.3. The summed E-state index contributed by atoms with van der Waals surface area (Å²) >= 11 is 8.01. The second kappa shape index (κ2) is 25.8. The summed E-state index contributed by atoms with van der Waals surface area (Å²) in [6.45, 7) is 3.13. The second-order valence-electron chi connectivity index (χ2n) is 19.4. The summed E-state index contributed by atoms with van der Waals surface area (Å²) in [5.41, 5.74) is -1.85. The molecule has 2 aromatic carbocycles. The molecule has 0 saturated carbocycles. The molecule has 3 saturated heterocycles. The molecule has 2 aromatic rings. The van der Waals surface area contributed by atoms with Crippen LogP contribution in [0.2, 0.25) is 5.02 Å². The van der Waals surface area contributed by atoms with Gasteiger partial charge in [0.1, 0.15) is 84.0 Å². The molecule has 7 N–H and O–H groups in total. The summed E-state index contributed by atoms with van der Waals surface area (Å²) < 4.78 is 46.0. The van der Waals surface area contributed by atoms with E-state index in [-0.39, 0.29) is 35.2 Å². The summed E-state index contributed by atoms with van der Waals surface area (Å²) in [5, 5.41) is 57.7. The Kier molecular flexibility index (Phi) is 20.3. The van der Waals surface area contributed by atoms with E-state index in [4.69, 9.17) is 49.5 Å². The molecule has 424 valence electrons. The summed E-state index contributed by atoms with van der Waals surface area (Å²) in [6.07, 6.45) is -5.53. The molecule has 5 unspecified atom stereocenters. The van der Waals surface area contributed by atoms with Crippen LogP contribution in [-0.2, 0) is 60.6 Å². The number of hydrogen-bond acceptors (Lipinski definition) is 20. The van der Waals surface area contributed by atoms with Gasteiger partial charge in [-0.25, -0.2) is 14.4 Å². The van der Waals surface area contributed by atoms with Gasteiger partial charge in [-0.3, -0.25) is 19.7 Å². The number of rotatable bonds is 15. The molecule has 3 fully saturated rings. The summed E-state index contributed by atoms with van der Waals surface area (Å²) in [4.78, 5) is 84.4. The van der Waals surface area contributed by atoms with E-state index in [1.165, 1.54) is 77.1 Å². The monoisotopic (exact) mass is 1120 g/mol. The molecule has 26 heteroatoms. The smallest absolute Gasteiger partial charge is 0.410 e. The van der Waals surface area contributed by atoms with Crippen LogP contribution in [0.15, 0.2) is 54.6 Å². The van der Waals surface area contributed by atoms with Crippen LogP contribution >= 0.6 is 23.4 Å². The molecule has 4 aliphatic heterocycles. The van der Waals surface area contributed by atoms with Gasteiger partial charge in [0, 0.05) is 40.6 Å². The molecule has 6 rings (SSSR count). The summed E-state index contributed by atoms with van der Waals surface area (Å²) in [7, 11) is 6.95. The number of benzene rings is 2. The zero-order valence-electron chi connectivity index (χ0n) is 44.1. The Bertz CT molecular complexity index is 2560. The van der Waals surface area contributed by atoms with Crippen molar-refractivity contribution in [2.24, 2.45) is 5.92 Å². The van der Waals surface area contributed by atoms with Crippen molar-refractivity contribution in [3.05, 3.63) is 70.8 Å². The van der Waals surface area contributed by atoms with E-state index >= 15 is 0 Å². The molecular weight excluding hydrogens is 1050 g/mol. The van der Waals surface area contributed by atoms with Crippen molar-refractivity contribution >= 4 is 70.6 Å². The highest BCUT2D eigenvalue weighted by atomic mass is 35.5.